The van der Waals surface area contributed by atoms with Gasteiger partial charge in [-0.1, -0.05) is 17.7 Å². The average molecular weight is 272 g/mol. The van der Waals surface area contributed by atoms with Gasteiger partial charge in [0.05, 0.1) is 0 Å². The molecule has 1 aromatic carbocycles. The molecule has 2 rings (SSSR count). The predicted molar refractivity (Wildman–Crippen MR) is 65.8 cm³/mol. The number of benzene rings is 1. The van der Waals surface area contributed by atoms with Crippen LogP contribution >= 0.6 is 23.2 Å². The molecule has 0 saturated heterocycles. The molecule has 0 bridgehead atoms. The normalized spacial score (nSPS) is 10.3. The molecule has 0 atom stereocenters. The third kappa shape index (κ3) is 3.28. The number of anilines is 1. The zero-order valence-corrected chi connectivity index (χ0v) is 10.1. The summed E-state index contributed by atoms with van der Waals surface area (Å²) < 4.78 is 13.4. The summed E-state index contributed by atoms with van der Waals surface area (Å²) >= 11 is 11.3. The largest absolute Gasteiger partial charge is 0.366 e. The Balaban J connectivity index is 2.07. The van der Waals surface area contributed by atoms with Crippen molar-refractivity contribution in [2.24, 2.45) is 0 Å². The van der Waals surface area contributed by atoms with Crippen LogP contribution in [0.25, 0.3) is 0 Å². The van der Waals surface area contributed by atoms with Crippen molar-refractivity contribution >= 4 is 29.0 Å². The van der Waals surface area contributed by atoms with Crippen LogP contribution in [0.15, 0.2) is 30.5 Å². The van der Waals surface area contributed by atoms with Crippen molar-refractivity contribution in [3.05, 3.63) is 52.1 Å². The van der Waals surface area contributed by atoms with Gasteiger partial charge >= 0.3 is 0 Å². The number of aromatic nitrogens is 2. The first-order valence-electron chi connectivity index (χ1n) is 4.81. The topological polar surface area (TPSA) is 37.8 Å². The molecule has 0 aliphatic heterocycles. The molecule has 88 valence electrons. The summed E-state index contributed by atoms with van der Waals surface area (Å²) in [6.45, 7) is 0.302. The lowest BCUT2D eigenvalue weighted by atomic mass is 10.2. The maximum Gasteiger partial charge on any atom is 0.224 e. The van der Waals surface area contributed by atoms with Gasteiger partial charge in [0, 0.05) is 23.3 Å². The maximum absolute atomic E-state index is 13.4. The van der Waals surface area contributed by atoms with Crippen LogP contribution in [-0.2, 0) is 6.54 Å². The van der Waals surface area contributed by atoms with Gasteiger partial charge in [-0.15, -0.1) is 0 Å². The van der Waals surface area contributed by atoms with Crippen molar-refractivity contribution in [3.63, 3.8) is 0 Å². The number of nitrogens with one attached hydrogen (secondary N) is 1. The zero-order valence-electron chi connectivity index (χ0n) is 8.62. The Morgan fingerprint density at radius 3 is 2.76 bits per heavy atom. The minimum atomic E-state index is -0.356. The molecule has 0 aliphatic carbocycles. The SMILES string of the molecule is Fc1cc(Cl)ccc1CNc1ccnc(Cl)n1. The number of nitrogens with zero attached hydrogens (tertiary/aromatic N) is 2. The Bertz CT molecular complexity index is 534. The van der Waals surface area contributed by atoms with E-state index in [4.69, 9.17) is 23.2 Å². The summed E-state index contributed by atoms with van der Waals surface area (Å²) in [5.41, 5.74) is 0.504. The minimum absolute atomic E-state index is 0.145. The first kappa shape index (κ1) is 12.1. The fraction of sp³-hybridized carbons (Fsp3) is 0.0909. The fourth-order valence-electron chi connectivity index (χ4n) is 1.28. The standard InChI is InChI=1S/C11H8Cl2FN3/c12-8-2-1-7(9(14)5-8)6-16-10-3-4-15-11(13)17-10/h1-5H,6H2,(H,15,16,17). The highest BCUT2D eigenvalue weighted by Gasteiger charge is 2.03. The molecule has 1 heterocycles. The molecule has 0 radical (unpaired) electrons. The lowest BCUT2D eigenvalue weighted by molar-refractivity contribution is 0.613. The van der Waals surface area contributed by atoms with Crippen molar-refractivity contribution in [2.45, 2.75) is 6.54 Å². The summed E-state index contributed by atoms with van der Waals surface area (Å²) in [7, 11) is 0. The molecule has 0 fully saturated rings. The number of halogens is 3. The molecule has 6 heteroatoms. The molecule has 1 N–H and O–H groups in total. The van der Waals surface area contributed by atoms with Crippen LogP contribution in [0, 0.1) is 5.82 Å². The minimum Gasteiger partial charge on any atom is -0.366 e. The van der Waals surface area contributed by atoms with Gasteiger partial charge in [-0.3, -0.25) is 0 Å². The number of rotatable bonds is 3. The van der Waals surface area contributed by atoms with Crippen LogP contribution in [-0.4, -0.2) is 9.97 Å². The van der Waals surface area contributed by atoms with Crippen LogP contribution in [0.4, 0.5) is 10.2 Å². The zero-order chi connectivity index (χ0) is 12.3. The molecule has 0 amide bonds. The molecule has 0 unspecified atom stereocenters. The molecular weight excluding hydrogens is 264 g/mol. The van der Waals surface area contributed by atoms with E-state index in [0.29, 0.717) is 22.9 Å². The maximum atomic E-state index is 13.4. The first-order valence-corrected chi connectivity index (χ1v) is 5.57. The van der Waals surface area contributed by atoms with Gasteiger partial charge in [0.15, 0.2) is 0 Å². The fourth-order valence-corrected chi connectivity index (χ4v) is 1.59. The summed E-state index contributed by atoms with van der Waals surface area (Å²) in [6.07, 6.45) is 1.52. The summed E-state index contributed by atoms with van der Waals surface area (Å²) in [4.78, 5) is 7.68. The lowest BCUT2D eigenvalue weighted by Crippen LogP contribution is -2.03. The van der Waals surface area contributed by atoms with Crippen LogP contribution < -0.4 is 5.32 Å². The van der Waals surface area contributed by atoms with Crippen molar-refractivity contribution in [1.29, 1.82) is 0 Å². The molecule has 3 nitrogen and oxygen atoms in total. The van der Waals surface area contributed by atoms with Crippen LogP contribution in [0.5, 0.6) is 0 Å². The average Bonchev–Trinajstić information content (AvgIpc) is 2.28. The molecule has 2 aromatic rings. The Hall–Kier alpha value is -1.39. The Morgan fingerprint density at radius 2 is 2.06 bits per heavy atom. The Labute approximate surface area is 108 Å². The molecule has 17 heavy (non-hydrogen) atoms. The summed E-state index contributed by atoms with van der Waals surface area (Å²) in [5.74, 6) is 0.185. The van der Waals surface area contributed by atoms with E-state index >= 15 is 0 Å². The van der Waals surface area contributed by atoms with Crippen molar-refractivity contribution < 1.29 is 4.39 Å². The van der Waals surface area contributed by atoms with E-state index in [9.17, 15) is 4.39 Å². The Kier molecular flexibility index (Phi) is 3.76. The number of hydrogen-bond acceptors (Lipinski definition) is 3. The third-order valence-electron chi connectivity index (χ3n) is 2.10. The van der Waals surface area contributed by atoms with Crippen molar-refractivity contribution in [2.75, 3.05) is 5.32 Å². The van der Waals surface area contributed by atoms with Crippen LogP contribution in [0.2, 0.25) is 10.3 Å². The number of hydrogen-bond donors (Lipinski definition) is 1. The second-order valence-electron chi connectivity index (χ2n) is 3.30. The lowest BCUT2D eigenvalue weighted by Gasteiger charge is -2.06. The van der Waals surface area contributed by atoms with Gasteiger partial charge in [0.1, 0.15) is 11.6 Å². The van der Waals surface area contributed by atoms with Crippen LogP contribution in [0.1, 0.15) is 5.56 Å². The summed E-state index contributed by atoms with van der Waals surface area (Å²) in [5, 5.41) is 3.46. The van der Waals surface area contributed by atoms with Gasteiger partial charge in [0.2, 0.25) is 5.28 Å². The molecular formula is C11H8Cl2FN3. The van der Waals surface area contributed by atoms with Gasteiger partial charge < -0.3 is 5.32 Å². The van der Waals surface area contributed by atoms with Gasteiger partial charge in [-0.2, -0.15) is 0 Å². The van der Waals surface area contributed by atoms with E-state index in [1.807, 2.05) is 0 Å². The van der Waals surface area contributed by atoms with E-state index in [2.05, 4.69) is 15.3 Å². The monoisotopic (exact) mass is 271 g/mol. The second kappa shape index (κ2) is 5.29. The molecule has 0 spiro atoms. The predicted octanol–water partition coefficient (Wildman–Crippen LogP) is 3.53. The molecule has 0 saturated carbocycles. The first-order chi connectivity index (χ1) is 8.15. The van der Waals surface area contributed by atoms with Gasteiger partial charge in [-0.05, 0) is 29.8 Å². The quantitative estimate of drug-likeness (QED) is 0.868. The van der Waals surface area contributed by atoms with Gasteiger partial charge in [0.25, 0.3) is 0 Å². The Morgan fingerprint density at radius 1 is 1.24 bits per heavy atom. The van der Waals surface area contributed by atoms with Gasteiger partial charge in [-0.25, -0.2) is 14.4 Å². The second-order valence-corrected chi connectivity index (χ2v) is 4.07. The molecule has 1 aromatic heterocycles. The highest BCUT2D eigenvalue weighted by atomic mass is 35.5. The highest BCUT2D eigenvalue weighted by Crippen LogP contribution is 2.16. The van der Waals surface area contributed by atoms with E-state index in [-0.39, 0.29) is 11.1 Å². The van der Waals surface area contributed by atoms with Crippen LogP contribution in [0.3, 0.4) is 0 Å². The van der Waals surface area contributed by atoms with Crippen molar-refractivity contribution in [3.8, 4) is 0 Å². The van der Waals surface area contributed by atoms with E-state index in [1.165, 1.54) is 12.3 Å². The van der Waals surface area contributed by atoms with E-state index in [1.54, 1.807) is 18.2 Å². The smallest absolute Gasteiger partial charge is 0.224 e. The van der Waals surface area contributed by atoms with Crippen molar-refractivity contribution in [1.82, 2.24) is 9.97 Å². The highest BCUT2D eigenvalue weighted by molar-refractivity contribution is 6.30. The third-order valence-corrected chi connectivity index (χ3v) is 2.52. The van der Waals surface area contributed by atoms with E-state index < -0.39 is 0 Å². The van der Waals surface area contributed by atoms with E-state index in [0.717, 1.165) is 0 Å². The molecule has 0 aliphatic rings. The summed E-state index contributed by atoms with van der Waals surface area (Å²) in [6, 6.07) is 6.17.